The molecule has 114 valence electrons. The highest BCUT2D eigenvalue weighted by molar-refractivity contribution is 5.27. The highest BCUT2D eigenvalue weighted by atomic mass is 14.5. The number of rotatable bonds is 4. The minimum Gasteiger partial charge on any atom is -0.103 e. The van der Waals surface area contributed by atoms with Gasteiger partial charge >= 0.3 is 0 Å². The molecule has 3 atom stereocenters. The van der Waals surface area contributed by atoms with Crippen LogP contribution in [0.15, 0.2) is 23.8 Å². The van der Waals surface area contributed by atoms with Gasteiger partial charge in [0.05, 0.1) is 0 Å². The summed E-state index contributed by atoms with van der Waals surface area (Å²) in [6.07, 6.45) is 11.7. The van der Waals surface area contributed by atoms with Crippen LogP contribution in [0.4, 0.5) is 0 Å². The van der Waals surface area contributed by atoms with Gasteiger partial charge in [0, 0.05) is 0 Å². The fraction of sp³-hybridized carbons (Fsp3) is 0.800. The van der Waals surface area contributed by atoms with E-state index in [1.807, 2.05) is 5.57 Å². The zero-order valence-corrected chi connectivity index (χ0v) is 14.4. The zero-order valence-electron chi connectivity index (χ0n) is 14.4. The summed E-state index contributed by atoms with van der Waals surface area (Å²) in [7, 11) is 0. The maximum Gasteiger partial charge on any atom is -0.00804 e. The first-order chi connectivity index (χ1) is 9.31. The average molecular weight is 274 g/mol. The van der Waals surface area contributed by atoms with Gasteiger partial charge in [-0.3, -0.25) is 0 Å². The van der Waals surface area contributed by atoms with Gasteiger partial charge in [0.2, 0.25) is 0 Å². The van der Waals surface area contributed by atoms with E-state index in [-0.39, 0.29) is 0 Å². The van der Waals surface area contributed by atoms with Gasteiger partial charge in [0.1, 0.15) is 0 Å². The molecule has 0 spiro atoms. The molecule has 0 aromatic rings. The Bertz CT molecular complexity index is 398. The topological polar surface area (TPSA) is 0 Å². The van der Waals surface area contributed by atoms with E-state index in [1.54, 1.807) is 5.57 Å². The monoisotopic (exact) mass is 274 g/mol. The Morgan fingerprint density at radius 3 is 2.65 bits per heavy atom. The average Bonchev–Trinajstić information content (AvgIpc) is 2.36. The van der Waals surface area contributed by atoms with Crippen molar-refractivity contribution in [2.75, 3.05) is 0 Å². The molecule has 0 saturated heterocycles. The number of hydrogen-bond acceptors (Lipinski definition) is 0. The highest BCUT2D eigenvalue weighted by Crippen LogP contribution is 2.60. The van der Waals surface area contributed by atoms with Gasteiger partial charge in [0.15, 0.2) is 0 Å². The van der Waals surface area contributed by atoms with E-state index < -0.39 is 0 Å². The van der Waals surface area contributed by atoms with E-state index in [0.29, 0.717) is 16.7 Å². The first kappa shape index (κ1) is 15.9. The first-order valence-corrected chi connectivity index (χ1v) is 8.63. The third-order valence-corrected chi connectivity index (χ3v) is 6.49. The Balaban J connectivity index is 2.26. The molecule has 0 nitrogen and oxygen atoms in total. The lowest BCUT2D eigenvalue weighted by Gasteiger charge is -2.55. The van der Waals surface area contributed by atoms with Crippen LogP contribution in [0.25, 0.3) is 0 Å². The van der Waals surface area contributed by atoms with Gasteiger partial charge in [-0.1, -0.05) is 51.3 Å². The van der Waals surface area contributed by atoms with Crippen molar-refractivity contribution in [2.45, 2.75) is 79.6 Å². The van der Waals surface area contributed by atoms with E-state index in [2.05, 4.69) is 47.3 Å². The maximum absolute atomic E-state index is 3.95. The van der Waals surface area contributed by atoms with Crippen LogP contribution in [0.2, 0.25) is 0 Å². The predicted octanol–water partition coefficient (Wildman–Crippen LogP) is 6.53. The third-order valence-electron chi connectivity index (χ3n) is 6.49. The largest absolute Gasteiger partial charge is 0.103 e. The lowest BCUT2D eigenvalue weighted by Crippen LogP contribution is -2.45. The van der Waals surface area contributed by atoms with Gasteiger partial charge in [0.25, 0.3) is 0 Å². The molecule has 1 fully saturated rings. The van der Waals surface area contributed by atoms with E-state index >= 15 is 0 Å². The highest BCUT2D eigenvalue weighted by Gasteiger charge is 2.49. The molecule has 2 aliphatic carbocycles. The summed E-state index contributed by atoms with van der Waals surface area (Å²) in [5.41, 5.74) is 4.53. The van der Waals surface area contributed by atoms with E-state index in [4.69, 9.17) is 0 Å². The molecule has 0 heterocycles. The molecular formula is C20H34. The molecule has 1 saturated carbocycles. The summed E-state index contributed by atoms with van der Waals surface area (Å²) in [6, 6.07) is 0. The Kier molecular flexibility index (Phi) is 4.52. The fourth-order valence-electron chi connectivity index (χ4n) is 5.18. The van der Waals surface area contributed by atoms with Crippen molar-refractivity contribution in [3.05, 3.63) is 23.8 Å². The SMILES string of the molecule is C=C[C@H](C)CCC1=C(C)CC[C@H]2C(C)(C)CCC[C@]12C. The standard InChI is InChI=1S/C20H34/c1-7-15(2)9-11-17-16(3)10-12-18-19(4,5)13-8-14-20(17,18)6/h7,15,18H,1,8-14H2,2-6H3/t15-,18-,20+/m0/s1. The van der Waals surface area contributed by atoms with Crippen LogP contribution in [0.5, 0.6) is 0 Å². The molecule has 20 heavy (non-hydrogen) atoms. The molecule has 0 aliphatic heterocycles. The van der Waals surface area contributed by atoms with Crippen LogP contribution >= 0.6 is 0 Å². The van der Waals surface area contributed by atoms with Gasteiger partial charge in [-0.2, -0.15) is 0 Å². The summed E-state index contributed by atoms with van der Waals surface area (Å²) in [5, 5.41) is 0. The Morgan fingerprint density at radius 1 is 1.30 bits per heavy atom. The summed E-state index contributed by atoms with van der Waals surface area (Å²) in [5.74, 6) is 1.54. The maximum atomic E-state index is 3.95. The summed E-state index contributed by atoms with van der Waals surface area (Å²) >= 11 is 0. The van der Waals surface area contributed by atoms with Gasteiger partial charge in [-0.25, -0.2) is 0 Å². The minimum atomic E-state index is 0.477. The molecule has 0 aromatic heterocycles. The smallest absolute Gasteiger partial charge is 0.00804 e. The van der Waals surface area contributed by atoms with Crippen molar-refractivity contribution in [1.82, 2.24) is 0 Å². The Hall–Kier alpha value is -0.520. The second-order valence-corrected chi connectivity index (χ2v) is 8.36. The Morgan fingerprint density at radius 2 is 2.00 bits per heavy atom. The quantitative estimate of drug-likeness (QED) is 0.511. The van der Waals surface area contributed by atoms with E-state index in [1.165, 1.54) is 44.9 Å². The molecule has 0 unspecified atom stereocenters. The van der Waals surface area contributed by atoms with Gasteiger partial charge in [-0.05, 0) is 68.1 Å². The second kappa shape index (κ2) is 5.70. The molecular weight excluding hydrogens is 240 g/mol. The summed E-state index contributed by atoms with van der Waals surface area (Å²) < 4.78 is 0. The number of fused-ring (bicyclic) bond motifs is 1. The molecule has 2 aliphatic rings. The van der Waals surface area contributed by atoms with Crippen molar-refractivity contribution in [3.63, 3.8) is 0 Å². The number of allylic oxidation sites excluding steroid dienone is 3. The molecule has 2 rings (SSSR count). The molecule has 0 radical (unpaired) electrons. The number of hydrogen-bond donors (Lipinski definition) is 0. The summed E-state index contributed by atoms with van der Waals surface area (Å²) in [4.78, 5) is 0. The van der Waals surface area contributed by atoms with Crippen LogP contribution in [0.3, 0.4) is 0 Å². The fourth-order valence-corrected chi connectivity index (χ4v) is 5.18. The molecule has 0 bridgehead atoms. The van der Waals surface area contributed by atoms with E-state index in [9.17, 15) is 0 Å². The van der Waals surface area contributed by atoms with Crippen LogP contribution in [-0.2, 0) is 0 Å². The van der Waals surface area contributed by atoms with Gasteiger partial charge < -0.3 is 0 Å². The molecule has 0 amide bonds. The van der Waals surface area contributed by atoms with Crippen molar-refractivity contribution in [2.24, 2.45) is 22.7 Å². The summed E-state index contributed by atoms with van der Waals surface area (Å²) in [6.45, 7) is 16.3. The van der Waals surface area contributed by atoms with Crippen molar-refractivity contribution < 1.29 is 0 Å². The first-order valence-electron chi connectivity index (χ1n) is 8.63. The van der Waals surface area contributed by atoms with Crippen LogP contribution in [0.1, 0.15) is 79.6 Å². The van der Waals surface area contributed by atoms with Crippen LogP contribution in [0, 0.1) is 22.7 Å². The van der Waals surface area contributed by atoms with Crippen LogP contribution < -0.4 is 0 Å². The lowest BCUT2D eigenvalue weighted by atomic mass is 9.50. The second-order valence-electron chi connectivity index (χ2n) is 8.36. The van der Waals surface area contributed by atoms with Crippen molar-refractivity contribution in [3.8, 4) is 0 Å². The van der Waals surface area contributed by atoms with Crippen molar-refractivity contribution in [1.29, 1.82) is 0 Å². The van der Waals surface area contributed by atoms with Crippen molar-refractivity contribution >= 4 is 0 Å². The lowest BCUT2D eigenvalue weighted by molar-refractivity contribution is 0.0101. The predicted molar refractivity (Wildman–Crippen MR) is 89.8 cm³/mol. The molecule has 0 N–H and O–H groups in total. The minimum absolute atomic E-state index is 0.477. The van der Waals surface area contributed by atoms with E-state index in [0.717, 1.165) is 5.92 Å². The van der Waals surface area contributed by atoms with Crippen LogP contribution in [-0.4, -0.2) is 0 Å². The van der Waals surface area contributed by atoms with Gasteiger partial charge in [-0.15, -0.1) is 6.58 Å². The molecule has 0 heteroatoms. The third kappa shape index (κ3) is 2.76. The normalized spacial score (nSPS) is 34.5. The Labute approximate surface area is 126 Å². The zero-order chi connectivity index (χ0) is 15.0. The molecule has 0 aromatic carbocycles.